The van der Waals surface area contributed by atoms with Crippen LogP contribution in [0.4, 0.5) is 0 Å². The van der Waals surface area contributed by atoms with Crippen molar-refractivity contribution in [2.24, 2.45) is 0 Å². The molecule has 1 N–H and O–H groups in total. The van der Waals surface area contributed by atoms with E-state index in [4.69, 9.17) is 8.97 Å². The fourth-order valence-electron chi connectivity index (χ4n) is 1.21. The van der Waals surface area contributed by atoms with E-state index >= 15 is 0 Å². The first-order chi connectivity index (χ1) is 6.77. The Kier molecular flexibility index (Phi) is 2.47. The Labute approximate surface area is 83.7 Å². The monoisotopic (exact) mass is 208 g/mol. The maximum absolute atomic E-state index is 10.8. The lowest BCUT2D eigenvalue weighted by molar-refractivity contribution is 0.564. The molecule has 1 heterocycles. The summed E-state index contributed by atoms with van der Waals surface area (Å²) in [7, 11) is 0. The van der Waals surface area contributed by atoms with Crippen molar-refractivity contribution in [3.05, 3.63) is 42.9 Å². The van der Waals surface area contributed by atoms with Crippen LogP contribution >= 0.6 is 0 Å². The molecule has 0 amide bonds. The fraction of sp³-hybridized carbons (Fsp3) is 0. The normalized spacial score (nSPS) is 12.6. The summed E-state index contributed by atoms with van der Waals surface area (Å²) in [6.45, 7) is 0. The van der Waals surface area contributed by atoms with Crippen LogP contribution in [0.5, 0.6) is 0 Å². The molecular weight excluding hydrogens is 200 g/mol. The van der Waals surface area contributed by atoms with Crippen LogP contribution in [0.2, 0.25) is 0 Å². The van der Waals surface area contributed by atoms with Gasteiger partial charge in [0.25, 0.3) is 0 Å². The number of hydrogen-bond acceptors (Lipinski definition) is 2. The average Bonchev–Trinajstić information content (AvgIpc) is 2.71. The van der Waals surface area contributed by atoms with Crippen LogP contribution in [0.3, 0.4) is 0 Å². The molecule has 14 heavy (non-hydrogen) atoms. The second kappa shape index (κ2) is 3.77. The summed E-state index contributed by atoms with van der Waals surface area (Å²) < 4.78 is 24.6. The SMILES string of the molecule is O=S(O)c1cccc(-c2ccoc2)c1. The predicted octanol–water partition coefficient (Wildman–Crippen LogP) is 2.53. The third-order valence-electron chi connectivity index (χ3n) is 1.89. The van der Waals surface area contributed by atoms with Gasteiger partial charge in [-0.3, -0.25) is 0 Å². The van der Waals surface area contributed by atoms with Gasteiger partial charge in [-0.05, 0) is 23.8 Å². The molecule has 1 aromatic carbocycles. The van der Waals surface area contributed by atoms with Crippen molar-refractivity contribution in [3.8, 4) is 11.1 Å². The lowest BCUT2D eigenvalue weighted by Gasteiger charge is -1.98. The van der Waals surface area contributed by atoms with Gasteiger partial charge < -0.3 is 8.97 Å². The largest absolute Gasteiger partial charge is 0.472 e. The lowest BCUT2D eigenvalue weighted by Crippen LogP contribution is -1.87. The van der Waals surface area contributed by atoms with Gasteiger partial charge in [0.15, 0.2) is 11.1 Å². The van der Waals surface area contributed by atoms with Gasteiger partial charge in [0.05, 0.1) is 17.4 Å². The molecule has 2 rings (SSSR count). The van der Waals surface area contributed by atoms with Gasteiger partial charge in [0.1, 0.15) is 0 Å². The van der Waals surface area contributed by atoms with Crippen molar-refractivity contribution in [1.29, 1.82) is 0 Å². The first-order valence-corrected chi connectivity index (χ1v) is 5.11. The molecular formula is C10H8O3S. The summed E-state index contributed by atoms with van der Waals surface area (Å²) in [6, 6.07) is 8.69. The summed E-state index contributed by atoms with van der Waals surface area (Å²) >= 11 is -1.93. The summed E-state index contributed by atoms with van der Waals surface area (Å²) in [6.07, 6.45) is 3.16. The molecule has 0 radical (unpaired) electrons. The van der Waals surface area contributed by atoms with Crippen LogP contribution in [0.15, 0.2) is 52.2 Å². The van der Waals surface area contributed by atoms with Crippen LogP contribution in [0.25, 0.3) is 11.1 Å². The molecule has 0 aliphatic rings. The van der Waals surface area contributed by atoms with Crippen molar-refractivity contribution in [2.75, 3.05) is 0 Å². The molecule has 0 saturated heterocycles. The molecule has 2 aromatic rings. The van der Waals surface area contributed by atoms with Crippen LogP contribution in [-0.2, 0) is 11.1 Å². The van der Waals surface area contributed by atoms with E-state index in [2.05, 4.69) is 0 Å². The minimum Gasteiger partial charge on any atom is -0.472 e. The second-order valence-corrected chi connectivity index (χ2v) is 3.76. The number of rotatable bonds is 2. The van der Waals surface area contributed by atoms with Gasteiger partial charge >= 0.3 is 0 Å². The van der Waals surface area contributed by atoms with Crippen LogP contribution in [0.1, 0.15) is 0 Å². The van der Waals surface area contributed by atoms with E-state index in [1.54, 1.807) is 36.8 Å². The molecule has 0 saturated carbocycles. The van der Waals surface area contributed by atoms with Gasteiger partial charge in [0, 0.05) is 5.56 Å². The zero-order valence-corrected chi connectivity index (χ0v) is 8.03. The Hall–Kier alpha value is -1.39. The van der Waals surface area contributed by atoms with Crippen molar-refractivity contribution in [3.63, 3.8) is 0 Å². The fourth-order valence-corrected chi connectivity index (χ4v) is 1.64. The highest BCUT2D eigenvalue weighted by atomic mass is 32.2. The van der Waals surface area contributed by atoms with E-state index < -0.39 is 11.1 Å². The molecule has 4 heteroatoms. The van der Waals surface area contributed by atoms with Crippen LogP contribution < -0.4 is 0 Å². The van der Waals surface area contributed by atoms with Crippen LogP contribution in [0, 0.1) is 0 Å². The van der Waals surface area contributed by atoms with E-state index in [1.165, 1.54) is 0 Å². The zero-order chi connectivity index (χ0) is 9.97. The van der Waals surface area contributed by atoms with E-state index in [1.807, 2.05) is 6.07 Å². The van der Waals surface area contributed by atoms with Crippen molar-refractivity contribution >= 4 is 11.1 Å². The molecule has 0 fully saturated rings. The Bertz CT molecular complexity index is 448. The molecule has 0 aliphatic carbocycles. The Balaban J connectivity index is 2.46. The topological polar surface area (TPSA) is 50.4 Å². The van der Waals surface area contributed by atoms with Crippen LogP contribution in [-0.4, -0.2) is 8.76 Å². The molecule has 1 unspecified atom stereocenters. The minimum absolute atomic E-state index is 0.392. The van der Waals surface area contributed by atoms with Crippen molar-refractivity contribution in [2.45, 2.75) is 4.90 Å². The molecule has 1 atom stereocenters. The molecule has 0 bridgehead atoms. The predicted molar refractivity (Wildman–Crippen MR) is 53.2 cm³/mol. The maximum atomic E-state index is 10.8. The minimum atomic E-state index is -1.93. The van der Waals surface area contributed by atoms with Gasteiger partial charge in [-0.2, -0.15) is 0 Å². The summed E-state index contributed by atoms with van der Waals surface area (Å²) in [5.74, 6) is 0. The first kappa shape index (κ1) is 9.18. The highest BCUT2D eigenvalue weighted by Gasteiger charge is 2.03. The van der Waals surface area contributed by atoms with Gasteiger partial charge in [-0.25, -0.2) is 4.21 Å². The Morgan fingerprint density at radius 1 is 1.21 bits per heavy atom. The smallest absolute Gasteiger partial charge is 0.186 e. The van der Waals surface area contributed by atoms with Gasteiger partial charge in [0.2, 0.25) is 0 Å². The van der Waals surface area contributed by atoms with E-state index in [-0.39, 0.29) is 0 Å². The molecule has 0 spiro atoms. The molecule has 72 valence electrons. The summed E-state index contributed by atoms with van der Waals surface area (Å²) in [5.41, 5.74) is 1.77. The third kappa shape index (κ3) is 1.76. The van der Waals surface area contributed by atoms with E-state index in [0.29, 0.717) is 4.90 Å². The average molecular weight is 208 g/mol. The number of benzene rings is 1. The van der Waals surface area contributed by atoms with E-state index in [9.17, 15) is 4.21 Å². The Morgan fingerprint density at radius 3 is 2.71 bits per heavy atom. The highest BCUT2D eigenvalue weighted by Crippen LogP contribution is 2.21. The molecule has 0 aliphatic heterocycles. The van der Waals surface area contributed by atoms with Crippen molar-refractivity contribution in [1.82, 2.24) is 0 Å². The molecule has 1 aromatic heterocycles. The standard InChI is InChI=1S/C10H8O3S/c11-14(12)10-3-1-2-8(6-10)9-4-5-13-7-9/h1-7H,(H,11,12). The number of furan rings is 1. The van der Waals surface area contributed by atoms with E-state index in [0.717, 1.165) is 11.1 Å². The third-order valence-corrected chi connectivity index (χ3v) is 2.55. The zero-order valence-electron chi connectivity index (χ0n) is 7.21. The van der Waals surface area contributed by atoms with Gasteiger partial charge in [-0.1, -0.05) is 12.1 Å². The number of hydrogen-bond donors (Lipinski definition) is 1. The first-order valence-electron chi connectivity index (χ1n) is 4.01. The van der Waals surface area contributed by atoms with Gasteiger partial charge in [-0.15, -0.1) is 0 Å². The summed E-state index contributed by atoms with van der Waals surface area (Å²) in [5, 5.41) is 0. The quantitative estimate of drug-likeness (QED) is 0.771. The second-order valence-electron chi connectivity index (χ2n) is 2.79. The summed E-state index contributed by atoms with van der Waals surface area (Å²) in [4.78, 5) is 0.392. The lowest BCUT2D eigenvalue weighted by atomic mass is 10.1. The highest BCUT2D eigenvalue weighted by molar-refractivity contribution is 7.79. The molecule has 3 nitrogen and oxygen atoms in total. The Morgan fingerprint density at radius 2 is 2.07 bits per heavy atom. The van der Waals surface area contributed by atoms with Crippen molar-refractivity contribution < 1.29 is 13.2 Å². The maximum Gasteiger partial charge on any atom is 0.186 e.